The van der Waals surface area contributed by atoms with Crippen LogP contribution in [0, 0.1) is 0 Å². The summed E-state index contributed by atoms with van der Waals surface area (Å²) < 4.78 is 2.42. The van der Waals surface area contributed by atoms with Crippen LogP contribution in [0.15, 0.2) is 42.5 Å². The normalized spacial score (nSPS) is 17.5. The molecule has 1 atom stereocenters. The van der Waals surface area contributed by atoms with Crippen molar-refractivity contribution >= 4 is 37.5 Å². The highest BCUT2D eigenvalue weighted by Gasteiger charge is 2.30. The maximum absolute atomic E-state index is 12.1. The Morgan fingerprint density at radius 1 is 1.04 bits per heavy atom. The Morgan fingerprint density at radius 3 is 2.52 bits per heavy atom. The number of carboxylic acids is 1. The number of aliphatic hydroxyl groups is 1. The molecule has 2 aromatic carbocycles. The Kier molecular flexibility index (Phi) is 5.41. The van der Waals surface area contributed by atoms with Crippen LogP contribution in [0.2, 0.25) is 0 Å². The number of nitrogens with zero attached hydrogens (tertiary/aromatic N) is 2. The molecular weight excluding hydrogens is 360 g/mol. The predicted octanol–water partition coefficient (Wildman–Crippen LogP) is 3.18. The molecule has 1 unspecified atom stereocenters. The standard InChI is InChI=1S/C21H24N2O3S/c24-13-3-8-22-9-11-23(12-10-22)20(21(25)26)15-6-7-19-17(14-15)16-4-1-2-5-18(16)27-19/h1-2,4-7,14,20,24H,3,8-13H2,(H,25,26). The Bertz CT molecular complexity index is 947. The number of carbonyl (C=O) groups is 1. The van der Waals surface area contributed by atoms with Crippen LogP contribution in [-0.2, 0) is 4.79 Å². The van der Waals surface area contributed by atoms with E-state index in [1.54, 1.807) is 11.3 Å². The maximum atomic E-state index is 12.1. The van der Waals surface area contributed by atoms with Crippen molar-refractivity contribution in [1.29, 1.82) is 0 Å². The van der Waals surface area contributed by atoms with Crippen LogP contribution in [0.3, 0.4) is 0 Å². The van der Waals surface area contributed by atoms with Gasteiger partial charge < -0.3 is 15.1 Å². The van der Waals surface area contributed by atoms with Gasteiger partial charge in [0, 0.05) is 59.5 Å². The van der Waals surface area contributed by atoms with Gasteiger partial charge in [-0.2, -0.15) is 0 Å². The lowest BCUT2D eigenvalue weighted by atomic mass is 10.0. The number of thiophene rings is 1. The molecule has 5 nitrogen and oxygen atoms in total. The number of rotatable bonds is 6. The van der Waals surface area contributed by atoms with E-state index < -0.39 is 12.0 Å². The SMILES string of the molecule is O=C(O)C(c1ccc2sc3ccccc3c2c1)N1CCN(CCCO)CC1. The van der Waals surface area contributed by atoms with Crippen molar-refractivity contribution in [2.75, 3.05) is 39.3 Å². The molecular formula is C21H24N2O3S. The quantitative estimate of drug-likeness (QED) is 0.683. The average molecular weight is 385 g/mol. The molecule has 1 aliphatic rings. The second kappa shape index (κ2) is 7.94. The van der Waals surface area contributed by atoms with E-state index in [1.807, 2.05) is 18.2 Å². The smallest absolute Gasteiger partial charge is 0.325 e. The molecule has 2 heterocycles. The third-order valence-corrected chi connectivity index (χ3v) is 6.51. The molecule has 1 saturated heterocycles. The van der Waals surface area contributed by atoms with Gasteiger partial charge in [0.15, 0.2) is 0 Å². The number of hydrogen-bond donors (Lipinski definition) is 2. The lowest BCUT2D eigenvalue weighted by Gasteiger charge is -2.37. The zero-order valence-corrected chi connectivity index (χ0v) is 16.0. The summed E-state index contributed by atoms with van der Waals surface area (Å²) >= 11 is 1.75. The third kappa shape index (κ3) is 3.71. The summed E-state index contributed by atoms with van der Waals surface area (Å²) in [5, 5.41) is 21.3. The van der Waals surface area contributed by atoms with E-state index in [0.29, 0.717) is 0 Å². The average Bonchev–Trinajstić information content (AvgIpc) is 3.05. The van der Waals surface area contributed by atoms with Gasteiger partial charge in [-0.15, -0.1) is 11.3 Å². The Labute approximate surface area is 162 Å². The fourth-order valence-corrected chi connectivity index (χ4v) is 5.05. The van der Waals surface area contributed by atoms with Crippen LogP contribution in [0.1, 0.15) is 18.0 Å². The zero-order valence-electron chi connectivity index (χ0n) is 15.2. The molecule has 142 valence electrons. The first kappa shape index (κ1) is 18.4. The van der Waals surface area contributed by atoms with E-state index in [0.717, 1.165) is 50.1 Å². The zero-order chi connectivity index (χ0) is 18.8. The topological polar surface area (TPSA) is 64.0 Å². The van der Waals surface area contributed by atoms with E-state index in [2.05, 4.69) is 34.1 Å². The van der Waals surface area contributed by atoms with Gasteiger partial charge in [0.05, 0.1) is 0 Å². The van der Waals surface area contributed by atoms with Crippen molar-refractivity contribution in [1.82, 2.24) is 9.80 Å². The van der Waals surface area contributed by atoms with Crippen molar-refractivity contribution in [3.8, 4) is 0 Å². The Balaban J connectivity index is 1.61. The molecule has 0 spiro atoms. The number of benzene rings is 2. The first-order chi connectivity index (χ1) is 13.2. The molecule has 0 amide bonds. The molecule has 27 heavy (non-hydrogen) atoms. The second-order valence-electron chi connectivity index (χ2n) is 7.05. The Morgan fingerprint density at radius 2 is 1.78 bits per heavy atom. The lowest BCUT2D eigenvalue weighted by Crippen LogP contribution is -2.49. The predicted molar refractivity (Wildman–Crippen MR) is 109 cm³/mol. The van der Waals surface area contributed by atoms with Crippen molar-refractivity contribution in [2.24, 2.45) is 0 Å². The first-order valence-electron chi connectivity index (χ1n) is 9.38. The van der Waals surface area contributed by atoms with Gasteiger partial charge in [0.2, 0.25) is 0 Å². The van der Waals surface area contributed by atoms with E-state index >= 15 is 0 Å². The highest BCUT2D eigenvalue weighted by molar-refractivity contribution is 7.25. The molecule has 1 fully saturated rings. The first-order valence-corrected chi connectivity index (χ1v) is 10.2. The Hall–Kier alpha value is -1.99. The minimum Gasteiger partial charge on any atom is -0.480 e. The van der Waals surface area contributed by atoms with E-state index in [-0.39, 0.29) is 6.61 Å². The van der Waals surface area contributed by atoms with Gasteiger partial charge in [0.1, 0.15) is 6.04 Å². The number of hydrogen-bond acceptors (Lipinski definition) is 5. The van der Waals surface area contributed by atoms with Crippen molar-refractivity contribution < 1.29 is 15.0 Å². The van der Waals surface area contributed by atoms with Crippen LogP contribution in [0.5, 0.6) is 0 Å². The summed E-state index contributed by atoms with van der Waals surface area (Å²) in [5.41, 5.74) is 0.849. The summed E-state index contributed by atoms with van der Waals surface area (Å²) in [6, 6.07) is 13.8. The van der Waals surface area contributed by atoms with Gasteiger partial charge in [-0.25, -0.2) is 0 Å². The minimum absolute atomic E-state index is 0.201. The van der Waals surface area contributed by atoms with Crippen LogP contribution >= 0.6 is 11.3 Å². The van der Waals surface area contributed by atoms with Gasteiger partial charge in [-0.05, 0) is 30.2 Å². The molecule has 6 heteroatoms. The van der Waals surface area contributed by atoms with Crippen molar-refractivity contribution in [3.63, 3.8) is 0 Å². The molecule has 4 rings (SSSR count). The number of fused-ring (bicyclic) bond motifs is 3. The number of aliphatic carboxylic acids is 1. The second-order valence-corrected chi connectivity index (χ2v) is 8.13. The highest BCUT2D eigenvalue weighted by atomic mass is 32.1. The van der Waals surface area contributed by atoms with Crippen LogP contribution in [0.4, 0.5) is 0 Å². The molecule has 0 radical (unpaired) electrons. The number of aliphatic hydroxyl groups excluding tert-OH is 1. The fraction of sp³-hybridized carbons (Fsp3) is 0.381. The summed E-state index contributed by atoms with van der Waals surface area (Å²) in [6.07, 6.45) is 0.768. The van der Waals surface area contributed by atoms with E-state index in [9.17, 15) is 9.90 Å². The summed E-state index contributed by atoms with van der Waals surface area (Å²) in [6.45, 7) is 4.21. The van der Waals surface area contributed by atoms with E-state index in [4.69, 9.17) is 5.11 Å². The van der Waals surface area contributed by atoms with E-state index in [1.165, 1.54) is 14.8 Å². The van der Waals surface area contributed by atoms with Gasteiger partial charge in [-0.3, -0.25) is 9.69 Å². The van der Waals surface area contributed by atoms with Gasteiger partial charge in [-0.1, -0.05) is 24.3 Å². The monoisotopic (exact) mass is 384 g/mol. The van der Waals surface area contributed by atoms with Gasteiger partial charge >= 0.3 is 5.97 Å². The lowest BCUT2D eigenvalue weighted by molar-refractivity contribution is -0.144. The molecule has 3 aromatic rings. The number of piperazine rings is 1. The molecule has 1 aromatic heterocycles. The minimum atomic E-state index is -0.794. The fourth-order valence-electron chi connectivity index (χ4n) is 3.96. The van der Waals surface area contributed by atoms with Gasteiger partial charge in [0.25, 0.3) is 0 Å². The van der Waals surface area contributed by atoms with Crippen LogP contribution in [-0.4, -0.2) is 65.3 Å². The van der Waals surface area contributed by atoms with Crippen molar-refractivity contribution in [3.05, 3.63) is 48.0 Å². The van der Waals surface area contributed by atoms with Crippen molar-refractivity contribution in [2.45, 2.75) is 12.5 Å². The molecule has 1 aliphatic heterocycles. The largest absolute Gasteiger partial charge is 0.480 e. The molecule has 2 N–H and O–H groups in total. The molecule has 0 bridgehead atoms. The molecule has 0 aliphatic carbocycles. The van der Waals surface area contributed by atoms with Crippen LogP contribution < -0.4 is 0 Å². The summed E-state index contributed by atoms with van der Waals surface area (Å²) in [4.78, 5) is 16.5. The third-order valence-electron chi connectivity index (χ3n) is 5.35. The van der Waals surface area contributed by atoms with Crippen LogP contribution in [0.25, 0.3) is 20.2 Å². The maximum Gasteiger partial charge on any atom is 0.325 e. The molecule has 0 saturated carbocycles. The summed E-state index contributed by atoms with van der Waals surface area (Å²) in [7, 11) is 0. The number of carboxylic acid groups (broad SMARTS) is 1. The highest BCUT2D eigenvalue weighted by Crippen LogP contribution is 2.36. The summed E-state index contributed by atoms with van der Waals surface area (Å²) in [5.74, 6) is -0.794.